The Morgan fingerprint density at radius 2 is 2.11 bits per heavy atom. The normalized spacial score (nSPS) is 21.6. The van der Waals surface area contributed by atoms with Gasteiger partial charge in [-0.1, -0.05) is 0 Å². The molecule has 148 valence electrons. The third-order valence-corrected chi connectivity index (χ3v) is 5.29. The van der Waals surface area contributed by atoms with Gasteiger partial charge in [0.2, 0.25) is 0 Å². The lowest BCUT2D eigenvalue weighted by Gasteiger charge is -2.31. The number of halogens is 1. The first kappa shape index (κ1) is 19.6. The molecule has 2 amide bonds. The molecule has 2 aliphatic rings. The number of fused-ring (bicyclic) bond motifs is 3. The summed E-state index contributed by atoms with van der Waals surface area (Å²) in [4.78, 5) is 25.3. The standard InChI is InChI=1S/C16H19ClN2O7S/c1-16(2,3)26-14(20)18-7-13-11-8-24-12-6-9(27(17,22)23)4-5-10(12)19(11)15(21)25-13/h4-6,11,13H,7-8H2,1-3H3,(H,18,20)/t11-,13-/m0/s1. The van der Waals surface area contributed by atoms with Crippen LogP contribution < -0.4 is 15.0 Å². The van der Waals surface area contributed by atoms with Crippen molar-refractivity contribution in [2.45, 2.75) is 43.4 Å². The second-order valence-corrected chi connectivity index (χ2v) is 9.69. The average Bonchev–Trinajstić information content (AvgIpc) is 2.86. The molecule has 9 nitrogen and oxygen atoms in total. The minimum absolute atomic E-state index is 0.0503. The summed E-state index contributed by atoms with van der Waals surface area (Å²) >= 11 is 0. The SMILES string of the molecule is CC(C)(C)OC(=O)NC[C@@H]1OC(=O)N2c3ccc(S(=O)(=O)Cl)cc3OC[C@@H]12. The molecule has 0 saturated carbocycles. The zero-order valence-corrected chi connectivity index (χ0v) is 16.5. The van der Waals surface area contributed by atoms with Crippen molar-refractivity contribution in [2.24, 2.45) is 0 Å². The van der Waals surface area contributed by atoms with E-state index in [-0.39, 0.29) is 23.8 Å². The van der Waals surface area contributed by atoms with Crippen molar-refractivity contribution in [3.63, 3.8) is 0 Å². The number of nitrogens with zero attached hydrogens (tertiary/aromatic N) is 1. The van der Waals surface area contributed by atoms with Crippen molar-refractivity contribution in [3.8, 4) is 5.75 Å². The summed E-state index contributed by atoms with van der Waals surface area (Å²) in [6, 6.07) is 3.50. The van der Waals surface area contributed by atoms with E-state index >= 15 is 0 Å². The number of alkyl carbamates (subject to hydrolysis) is 1. The van der Waals surface area contributed by atoms with Crippen LogP contribution in [0.25, 0.3) is 0 Å². The van der Waals surface area contributed by atoms with Crippen LogP contribution in [-0.4, -0.2) is 51.5 Å². The zero-order valence-electron chi connectivity index (χ0n) is 14.9. The van der Waals surface area contributed by atoms with Crippen LogP contribution in [0.1, 0.15) is 20.8 Å². The van der Waals surface area contributed by atoms with E-state index in [1.165, 1.54) is 23.1 Å². The highest BCUT2D eigenvalue weighted by atomic mass is 35.7. The predicted octanol–water partition coefficient (Wildman–Crippen LogP) is 2.23. The maximum atomic E-state index is 12.3. The Hall–Kier alpha value is -2.20. The van der Waals surface area contributed by atoms with Crippen molar-refractivity contribution in [2.75, 3.05) is 18.1 Å². The first-order chi connectivity index (χ1) is 12.5. The van der Waals surface area contributed by atoms with E-state index in [2.05, 4.69) is 5.32 Å². The van der Waals surface area contributed by atoms with Gasteiger partial charge in [0, 0.05) is 16.7 Å². The van der Waals surface area contributed by atoms with Crippen LogP contribution in [0, 0.1) is 0 Å². The molecule has 2 aliphatic heterocycles. The van der Waals surface area contributed by atoms with Gasteiger partial charge in [-0.25, -0.2) is 18.0 Å². The van der Waals surface area contributed by atoms with Crippen LogP contribution in [0.15, 0.2) is 23.1 Å². The van der Waals surface area contributed by atoms with Gasteiger partial charge in [-0.3, -0.25) is 4.90 Å². The van der Waals surface area contributed by atoms with Crippen LogP contribution in [0.2, 0.25) is 0 Å². The molecule has 11 heteroatoms. The molecular formula is C16H19ClN2O7S. The average molecular weight is 419 g/mol. The summed E-state index contributed by atoms with van der Waals surface area (Å²) in [5, 5.41) is 2.57. The summed E-state index contributed by atoms with van der Waals surface area (Å²) in [6.07, 6.45) is -1.87. The van der Waals surface area contributed by atoms with Crippen molar-refractivity contribution in [1.82, 2.24) is 5.32 Å². The van der Waals surface area contributed by atoms with Gasteiger partial charge in [0.25, 0.3) is 9.05 Å². The molecule has 0 bridgehead atoms. The van der Waals surface area contributed by atoms with Gasteiger partial charge in [-0.15, -0.1) is 0 Å². The molecule has 1 saturated heterocycles. The van der Waals surface area contributed by atoms with Gasteiger partial charge in [-0.05, 0) is 32.9 Å². The lowest BCUT2D eigenvalue weighted by Crippen LogP contribution is -2.48. The van der Waals surface area contributed by atoms with Gasteiger partial charge >= 0.3 is 12.2 Å². The van der Waals surface area contributed by atoms with Gasteiger partial charge in [0.05, 0.1) is 17.1 Å². The fourth-order valence-electron chi connectivity index (χ4n) is 2.84. The van der Waals surface area contributed by atoms with E-state index in [4.69, 9.17) is 24.9 Å². The topological polar surface area (TPSA) is 111 Å². The highest BCUT2D eigenvalue weighted by Crippen LogP contribution is 2.40. The summed E-state index contributed by atoms with van der Waals surface area (Å²) in [5.41, 5.74) is -0.268. The number of benzene rings is 1. The number of hydrogen-bond donors (Lipinski definition) is 1. The maximum Gasteiger partial charge on any atom is 0.415 e. The molecule has 1 N–H and O–H groups in total. The largest absolute Gasteiger partial charge is 0.489 e. The number of rotatable bonds is 3. The monoisotopic (exact) mass is 418 g/mol. The van der Waals surface area contributed by atoms with Gasteiger partial charge in [0.15, 0.2) is 0 Å². The van der Waals surface area contributed by atoms with E-state index in [0.29, 0.717) is 5.69 Å². The number of carbonyl (C=O) groups excluding carboxylic acids is 2. The minimum atomic E-state index is -3.92. The van der Waals surface area contributed by atoms with Crippen LogP contribution >= 0.6 is 10.7 Å². The van der Waals surface area contributed by atoms with E-state index in [1.807, 2.05) is 0 Å². The predicted molar refractivity (Wildman–Crippen MR) is 95.7 cm³/mol. The van der Waals surface area contributed by atoms with E-state index in [9.17, 15) is 18.0 Å². The molecule has 27 heavy (non-hydrogen) atoms. The van der Waals surface area contributed by atoms with Crippen molar-refractivity contribution < 1.29 is 32.2 Å². The Labute approximate surface area is 160 Å². The molecule has 3 rings (SSSR count). The number of hydrogen-bond acceptors (Lipinski definition) is 7. The molecule has 1 aromatic rings. The summed E-state index contributed by atoms with van der Waals surface area (Å²) in [7, 11) is 1.42. The number of nitrogens with one attached hydrogen (secondary N) is 1. The number of ether oxygens (including phenoxy) is 3. The molecule has 1 aromatic carbocycles. The fraction of sp³-hybridized carbons (Fsp3) is 0.500. The molecule has 0 radical (unpaired) electrons. The van der Waals surface area contributed by atoms with E-state index in [0.717, 1.165) is 0 Å². The van der Waals surface area contributed by atoms with Crippen molar-refractivity contribution in [3.05, 3.63) is 18.2 Å². The lowest BCUT2D eigenvalue weighted by atomic mass is 10.1. The van der Waals surface area contributed by atoms with Gasteiger partial charge in [-0.2, -0.15) is 0 Å². The fourth-order valence-corrected chi connectivity index (χ4v) is 3.60. The number of amides is 2. The van der Waals surface area contributed by atoms with Gasteiger partial charge in [0.1, 0.15) is 30.1 Å². The Morgan fingerprint density at radius 1 is 1.41 bits per heavy atom. The third-order valence-electron chi connectivity index (χ3n) is 3.94. The van der Waals surface area contributed by atoms with Crippen LogP contribution in [-0.2, 0) is 18.5 Å². The first-order valence-electron chi connectivity index (χ1n) is 8.14. The minimum Gasteiger partial charge on any atom is -0.489 e. The second-order valence-electron chi connectivity index (χ2n) is 7.12. The second kappa shape index (κ2) is 6.75. The summed E-state index contributed by atoms with van der Waals surface area (Å²) in [6.45, 7) is 5.35. The molecule has 0 aliphatic carbocycles. The molecule has 0 aromatic heterocycles. The smallest absolute Gasteiger partial charge is 0.415 e. The lowest BCUT2D eigenvalue weighted by molar-refractivity contribution is 0.0482. The van der Waals surface area contributed by atoms with Crippen molar-refractivity contribution in [1.29, 1.82) is 0 Å². The van der Waals surface area contributed by atoms with Gasteiger partial charge < -0.3 is 19.5 Å². The van der Waals surface area contributed by atoms with Crippen molar-refractivity contribution >= 4 is 37.6 Å². The molecule has 2 heterocycles. The molecule has 1 fully saturated rings. The maximum absolute atomic E-state index is 12.3. The number of anilines is 1. The Bertz CT molecular complexity index is 881. The third kappa shape index (κ3) is 4.22. The Kier molecular flexibility index (Phi) is 4.89. The highest BCUT2D eigenvalue weighted by Gasteiger charge is 2.46. The van der Waals surface area contributed by atoms with Crippen LogP contribution in [0.3, 0.4) is 0 Å². The first-order valence-corrected chi connectivity index (χ1v) is 10.4. The highest BCUT2D eigenvalue weighted by molar-refractivity contribution is 8.13. The molecule has 0 spiro atoms. The van der Waals surface area contributed by atoms with Crippen LogP contribution in [0.4, 0.5) is 15.3 Å². The summed E-state index contributed by atoms with van der Waals surface area (Å²) < 4.78 is 39.0. The summed E-state index contributed by atoms with van der Waals surface area (Å²) in [5.74, 6) is 0.214. The Morgan fingerprint density at radius 3 is 2.74 bits per heavy atom. The quantitative estimate of drug-likeness (QED) is 0.749. The number of cyclic esters (lactones) is 1. The van der Waals surface area contributed by atoms with E-state index < -0.39 is 39.0 Å². The Balaban J connectivity index is 1.74. The zero-order chi connectivity index (χ0) is 20.0. The number of carbonyl (C=O) groups is 2. The van der Waals surface area contributed by atoms with Crippen LogP contribution in [0.5, 0.6) is 5.75 Å². The van der Waals surface area contributed by atoms with E-state index in [1.54, 1.807) is 20.8 Å². The molecular weight excluding hydrogens is 400 g/mol. The molecule has 2 atom stereocenters. The molecule has 0 unspecified atom stereocenters.